The van der Waals surface area contributed by atoms with Gasteiger partial charge in [0.25, 0.3) is 0 Å². The highest BCUT2D eigenvalue weighted by Crippen LogP contribution is 2.24. The minimum absolute atomic E-state index is 0.544. The maximum atomic E-state index is 9.89. The van der Waals surface area contributed by atoms with Crippen molar-refractivity contribution >= 4 is 0 Å². The Labute approximate surface area is 124 Å². The third-order valence-electron chi connectivity index (χ3n) is 3.65. The minimum atomic E-state index is -1.29. The van der Waals surface area contributed by atoms with E-state index >= 15 is 0 Å². The summed E-state index contributed by atoms with van der Waals surface area (Å²) >= 11 is 0. The van der Waals surface area contributed by atoms with Crippen LogP contribution in [0.5, 0.6) is 5.75 Å². The number of rotatable bonds is 5. The molecule has 0 saturated carbocycles. The average molecular weight is 297 g/mol. The zero-order valence-corrected chi connectivity index (χ0v) is 12.3. The van der Waals surface area contributed by atoms with E-state index in [-0.39, 0.29) is 0 Å². The lowest BCUT2D eigenvalue weighted by Crippen LogP contribution is -2.58. The number of aliphatic hydroxyl groups excluding tert-OH is 3. The average Bonchev–Trinajstić information content (AvgIpc) is 2.50. The van der Waals surface area contributed by atoms with Crippen LogP contribution < -0.4 is 10.1 Å². The molecule has 0 aromatic heterocycles. The van der Waals surface area contributed by atoms with Gasteiger partial charge in [0.15, 0.2) is 0 Å². The highest BCUT2D eigenvalue weighted by molar-refractivity contribution is 5.27. The molecule has 1 aromatic rings. The summed E-state index contributed by atoms with van der Waals surface area (Å²) in [5, 5.41) is 32.3. The molecule has 4 N–H and O–H groups in total. The molecule has 6 heteroatoms. The third kappa shape index (κ3) is 3.93. The molecule has 1 fully saturated rings. The van der Waals surface area contributed by atoms with Crippen LogP contribution in [0.3, 0.4) is 0 Å². The molecule has 0 spiro atoms. The van der Waals surface area contributed by atoms with E-state index in [0.29, 0.717) is 5.75 Å². The van der Waals surface area contributed by atoms with Crippen LogP contribution in [0.4, 0.5) is 0 Å². The predicted octanol–water partition coefficient (Wildman–Crippen LogP) is -0.345. The van der Waals surface area contributed by atoms with Gasteiger partial charge >= 0.3 is 0 Å². The van der Waals surface area contributed by atoms with Crippen molar-refractivity contribution in [2.75, 3.05) is 13.6 Å². The molecule has 1 aromatic carbocycles. The topological polar surface area (TPSA) is 91.2 Å². The van der Waals surface area contributed by atoms with Gasteiger partial charge in [0.1, 0.15) is 24.1 Å². The van der Waals surface area contributed by atoms with Crippen molar-refractivity contribution in [2.24, 2.45) is 0 Å². The minimum Gasteiger partial charge on any atom is -0.462 e. The second-order valence-electron chi connectivity index (χ2n) is 5.30. The molecule has 1 aliphatic rings. The molecular weight excluding hydrogens is 274 g/mol. The lowest BCUT2D eigenvalue weighted by atomic mass is 10.00. The molecule has 0 bridgehead atoms. The SMILES string of the molecule is CNCCc1ccc(OC2OC(C)C(O)C(O)C2O)cc1. The summed E-state index contributed by atoms with van der Waals surface area (Å²) in [5.74, 6) is 0.544. The predicted molar refractivity (Wildman–Crippen MR) is 77.1 cm³/mol. The van der Waals surface area contributed by atoms with E-state index in [4.69, 9.17) is 9.47 Å². The molecule has 1 saturated heterocycles. The Morgan fingerprint density at radius 2 is 1.76 bits per heavy atom. The fraction of sp³-hybridized carbons (Fsp3) is 0.600. The molecule has 118 valence electrons. The Bertz CT molecular complexity index is 438. The van der Waals surface area contributed by atoms with Gasteiger partial charge in [-0.3, -0.25) is 0 Å². The number of likely N-dealkylation sites (N-methyl/N-ethyl adjacent to an activating group) is 1. The summed E-state index contributed by atoms with van der Waals surface area (Å²) < 4.78 is 10.9. The first-order chi connectivity index (χ1) is 10.0. The number of benzene rings is 1. The van der Waals surface area contributed by atoms with Crippen molar-refractivity contribution < 1.29 is 24.8 Å². The Kier molecular flexibility index (Phi) is 5.55. The third-order valence-corrected chi connectivity index (χ3v) is 3.65. The molecule has 5 unspecified atom stereocenters. The summed E-state index contributed by atoms with van der Waals surface area (Å²) in [7, 11) is 1.90. The van der Waals surface area contributed by atoms with E-state index in [1.165, 1.54) is 5.56 Å². The molecule has 1 heterocycles. The number of nitrogens with one attached hydrogen (secondary N) is 1. The van der Waals surface area contributed by atoms with Gasteiger partial charge in [-0.25, -0.2) is 0 Å². The second kappa shape index (κ2) is 7.20. The number of hydrogen-bond acceptors (Lipinski definition) is 6. The van der Waals surface area contributed by atoms with Gasteiger partial charge in [-0.05, 0) is 44.6 Å². The Morgan fingerprint density at radius 3 is 2.38 bits per heavy atom. The van der Waals surface area contributed by atoms with Crippen molar-refractivity contribution in [3.8, 4) is 5.75 Å². The molecule has 0 amide bonds. The van der Waals surface area contributed by atoms with E-state index in [1.54, 1.807) is 19.1 Å². The fourth-order valence-corrected chi connectivity index (χ4v) is 2.25. The van der Waals surface area contributed by atoms with Gasteiger partial charge < -0.3 is 30.1 Å². The lowest BCUT2D eigenvalue weighted by molar-refractivity contribution is -0.268. The molecule has 0 radical (unpaired) electrons. The molecule has 21 heavy (non-hydrogen) atoms. The normalized spacial score (nSPS) is 32.9. The maximum absolute atomic E-state index is 9.89. The lowest BCUT2D eigenvalue weighted by Gasteiger charge is -2.38. The van der Waals surface area contributed by atoms with E-state index in [1.807, 2.05) is 19.2 Å². The van der Waals surface area contributed by atoms with E-state index in [9.17, 15) is 15.3 Å². The summed E-state index contributed by atoms with van der Waals surface area (Å²) in [6.07, 6.45) is -4.39. The van der Waals surface area contributed by atoms with Crippen molar-refractivity contribution in [3.05, 3.63) is 29.8 Å². The molecule has 1 aliphatic heterocycles. The van der Waals surface area contributed by atoms with Crippen LogP contribution in [0.25, 0.3) is 0 Å². The van der Waals surface area contributed by atoms with Gasteiger partial charge in [0, 0.05) is 0 Å². The van der Waals surface area contributed by atoms with Gasteiger partial charge in [-0.1, -0.05) is 12.1 Å². The highest BCUT2D eigenvalue weighted by atomic mass is 16.7. The van der Waals surface area contributed by atoms with Crippen molar-refractivity contribution in [2.45, 2.75) is 44.1 Å². The van der Waals surface area contributed by atoms with Crippen LogP contribution in [-0.4, -0.2) is 59.6 Å². The standard InChI is InChI=1S/C15H23NO5/c1-9-12(17)13(18)14(19)15(20-9)21-11-5-3-10(4-6-11)7-8-16-2/h3-6,9,12-19H,7-8H2,1-2H3. The quantitative estimate of drug-likeness (QED) is 0.594. The number of hydrogen-bond donors (Lipinski definition) is 4. The van der Waals surface area contributed by atoms with Crippen LogP contribution in [-0.2, 0) is 11.2 Å². The van der Waals surface area contributed by atoms with E-state index < -0.39 is 30.7 Å². The van der Waals surface area contributed by atoms with E-state index in [0.717, 1.165) is 13.0 Å². The van der Waals surface area contributed by atoms with Gasteiger partial charge in [-0.15, -0.1) is 0 Å². The molecule has 2 rings (SSSR count). The number of ether oxygens (including phenoxy) is 2. The van der Waals surface area contributed by atoms with Gasteiger partial charge in [-0.2, -0.15) is 0 Å². The maximum Gasteiger partial charge on any atom is 0.229 e. The molecular formula is C15H23NO5. The molecule has 0 aliphatic carbocycles. The van der Waals surface area contributed by atoms with Crippen LogP contribution in [0, 0.1) is 0 Å². The van der Waals surface area contributed by atoms with Crippen LogP contribution in [0.2, 0.25) is 0 Å². The van der Waals surface area contributed by atoms with Crippen LogP contribution >= 0.6 is 0 Å². The summed E-state index contributed by atoms with van der Waals surface area (Å²) in [6, 6.07) is 7.47. The Hall–Kier alpha value is -1.18. The van der Waals surface area contributed by atoms with Crippen molar-refractivity contribution in [3.63, 3.8) is 0 Å². The summed E-state index contributed by atoms with van der Waals surface area (Å²) in [4.78, 5) is 0. The summed E-state index contributed by atoms with van der Waals surface area (Å²) in [6.45, 7) is 2.52. The van der Waals surface area contributed by atoms with E-state index in [2.05, 4.69) is 5.32 Å². The zero-order chi connectivity index (χ0) is 15.4. The van der Waals surface area contributed by atoms with Crippen LogP contribution in [0.1, 0.15) is 12.5 Å². The zero-order valence-electron chi connectivity index (χ0n) is 12.3. The Morgan fingerprint density at radius 1 is 1.10 bits per heavy atom. The fourth-order valence-electron chi connectivity index (χ4n) is 2.25. The highest BCUT2D eigenvalue weighted by Gasteiger charge is 2.43. The first-order valence-corrected chi connectivity index (χ1v) is 7.12. The van der Waals surface area contributed by atoms with Gasteiger partial charge in [0.05, 0.1) is 6.10 Å². The molecule has 6 nitrogen and oxygen atoms in total. The first-order valence-electron chi connectivity index (χ1n) is 7.12. The first kappa shape index (κ1) is 16.2. The monoisotopic (exact) mass is 297 g/mol. The Balaban J connectivity index is 1.97. The van der Waals surface area contributed by atoms with Crippen molar-refractivity contribution in [1.29, 1.82) is 0 Å². The second-order valence-corrected chi connectivity index (χ2v) is 5.30. The van der Waals surface area contributed by atoms with Crippen LogP contribution in [0.15, 0.2) is 24.3 Å². The number of aliphatic hydroxyl groups is 3. The molecule has 5 atom stereocenters. The smallest absolute Gasteiger partial charge is 0.229 e. The largest absolute Gasteiger partial charge is 0.462 e. The summed E-state index contributed by atoms with van der Waals surface area (Å²) in [5.41, 5.74) is 1.17. The van der Waals surface area contributed by atoms with Gasteiger partial charge in [0.2, 0.25) is 6.29 Å². The van der Waals surface area contributed by atoms with Crippen molar-refractivity contribution in [1.82, 2.24) is 5.32 Å².